The van der Waals surface area contributed by atoms with E-state index in [1.807, 2.05) is 0 Å². The molecule has 3 rings (SSSR count). The molecule has 118 valence electrons. The van der Waals surface area contributed by atoms with Crippen molar-refractivity contribution in [3.8, 4) is 0 Å². The molecule has 1 aromatic rings. The van der Waals surface area contributed by atoms with E-state index in [1.54, 1.807) is 9.75 Å². The molecule has 0 nitrogen and oxygen atoms in total. The average Bonchev–Trinajstić information content (AvgIpc) is 3.00. The summed E-state index contributed by atoms with van der Waals surface area (Å²) in [6.07, 6.45) is 15.1. The fraction of sp³-hybridized carbons (Fsp3) is 0.789. The highest BCUT2D eigenvalue weighted by Crippen LogP contribution is 2.45. The monoisotopic (exact) mass is 324 g/mol. The third-order valence-electron chi connectivity index (χ3n) is 5.55. The zero-order valence-corrected chi connectivity index (χ0v) is 14.9. The van der Waals surface area contributed by atoms with E-state index in [-0.39, 0.29) is 5.38 Å². The molecule has 0 aliphatic heterocycles. The third-order valence-corrected chi connectivity index (χ3v) is 7.60. The Labute approximate surface area is 139 Å². The van der Waals surface area contributed by atoms with Crippen LogP contribution in [0.15, 0.2) is 6.07 Å². The number of aryl methyl sites for hydroxylation is 1. The van der Waals surface area contributed by atoms with Crippen molar-refractivity contribution >= 4 is 22.9 Å². The molecule has 0 saturated heterocycles. The van der Waals surface area contributed by atoms with Crippen molar-refractivity contribution in [2.75, 3.05) is 0 Å². The predicted molar refractivity (Wildman–Crippen MR) is 94.7 cm³/mol. The predicted octanol–water partition coefficient (Wildman–Crippen LogP) is 7.22. The van der Waals surface area contributed by atoms with Crippen LogP contribution in [0.5, 0.6) is 0 Å². The van der Waals surface area contributed by atoms with E-state index in [0.29, 0.717) is 0 Å². The fourth-order valence-electron chi connectivity index (χ4n) is 4.24. The Balaban J connectivity index is 1.78. The van der Waals surface area contributed by atoms with E-state index in [9.17, 15) is 0 Å². The first-order valence-electron chi connectivity index (χ1n) is 9.06. The van der Waals surface area contributed by atoms with Crippen LogP contribution < -0.4 is 0 Å². The molecule has 1 atom stereocenters. The molecule has 21 heavy (non-hydrogen) atoms. The van der Waals surface area contributed by atoms with Crippen molar-refractivity contribution in [3.63, 3.8) is 0 Å². The molecule has 1 unspecified atom stereocenters. The normalized spacial score (nSPS) is 23.3. The molecule has 2 aliphatic rings. The lowest BCUT2D eigenvalue weighted by atomic mass is 9.83. The van der Waals surface area contributed by atoms with E-state index in [1.165, 1.54) is 69.8 Å². The van der Waals surface area contributed by atoms with Gasteiger partial charge in [-0.05, 0) is 55.6 Å². The van der Waals surface area contributed by atoms with Gasteiger partial charge in [0.05, 0.1) is 5.38 Å². The van der Waals surface area contributed by atoms with Gasteiger partial charge in [0.1, 0.15) is 0 Å². The molecule has 2 saturated carbocycles. The Morgan fingerprint density at radius 2 is 1.67 bits per heavy atom. The van der Waals surface area contributed by atoms with Crippen LogP contribution in [0.2, 0.25) is 0 Å². The molecule has 0 bridgehead atoms. The fourth-order valence-corrected chi connectivity index (χ4v) is 6.08. The maximum atomic E-state index is 6.93. The highest BCUT2D eigenvalue weighted by Gasteiger charge is 2.27. The SMILES string of the molecule is CCc1sc(C2CCCCC2)cc1C(Cl)C1CCCCC1. The van der Waals surface area contributed by atoms with Crippen molar-refractivity contribution in [1.82, 2.24) is 0 Å². The zero-order chi connectivity index (χ0) is 14.7. The molecule has 2 heteroatoms. The molecule has 2 fully saturated rings. The third kappa shape index (κ3) is 3.67. The van der Waals surface area contributed by atoms with Crippen LogP contribution in [-0.2, 0) is 6.42 Å². The summed E-state index contributed by atoms with van der Waals surface area (Å²) < 4.78 is 0. The lowest BCUT2D eigenvalue weighted by Crippen LogP contribution is -2.12. The van der Waals surface area contributed by atoms with Gasteiger partial charge in [-0.25, -0.2) is 0 Å². The number of thiophene rings is 1. The standard InChI is InChI=1S/C19H29ClS/c1-2-17-16(19(20)15-11-7-4-8-12-15)13-18(21-17)14-9-5-3-6-10-14/h13-15,19H,2-12H2,1H3. The zero-order valence-electron chi connectivity index (χ0n) is 13.4. The topological polar surface area (TPSA) is 0 Å². The van der Waals surface area contributed by atoms with Gasteiger partial charge >= 0.3 is 0 Å². The first-order chi connectivity index (χ1) is 10.3. The molecule has 0 spiro atoms. The van der Waals surface area contributed by atoms with Crippen LogP contribution in [0.3, 0.4) is 0 Å². The van der Waals surface area contributed by atoms with E-state index in [2.05, 4.69) is 24.3 Å². The van der Waals surface area contributed by atoms with Gasteiger partial charge in [-0.1, -0.05) is 45.4 Å². The molecule has 1 heterocycles. The smallest absolute Gasteiger partial charge is 0.0624 e. The van der Waals surface area contributed by atoms with Crippen molar-refractivity contribution in [3.05, 3.63) is 21.4 Å². The lowest BCUT2D eigenvalue weighted by molar-refractivity contribution is 0.348. The summed E-state index contributed by atoms with van der Waals surface area (Å²) in [4.78, 5) is 3.21. The first-order valence-corrected chi connectivity index (χ1v) is 10.3. The molecular formula is C19H29ClS. The molecule has 1 aromatic heterocycles. The Bertz CT molecular complexity index is 438. The number of hydrogen-bond acceptors (Lipinski definition) is 1. The van der Waals surface area contributed by atoms with Gasteiger partial charge in [0.15, 0.2) is 0 Å². The first kappa shape index (κ1) is 15.9. The van der Waals surface area contributed by atoms with E-state index in [4.69, 9.17) is 11.6 Å². The summed E-state index contributed by atoms with van der Waals surface area (Å²) in [6, 6.07) is 2.51. The van der Waals surface area contributed by atoms with Crippen LogP contribution in [-0.4, -0.2) is 0 Å². The minimum absolute atomic E-state index is 0.272. The second kappa shape index (κ2) is 7.51. The minimum Gasteiger partial charge on any atom is -0.145 e. The van der Waals surface area contributed by atoms with Crippen LogP contribution in [0.25, 0.3) is 0 Å². The van der Waals surface area contributed by atoms with Crippen molar-refractivity contribution in [1.29, 1.82) is 0 Å². The van der Waals surface area contributed by atoms with Gasteiger partial charge in [-0.15, -0.1) is 22.9 Å². The molecule has 0 amide bonds. The summed E-state index contributed by atoms with van der Waals surface area (Å²) >= 11 is 9.00. The van der Waals surface area contributed by atoms with Gasteiger partial charge in [0.2, 0.25) is 0 Å². The molecule has 2 aliphatic carbocycles. The van der Waals surface area contributed by atoms with E-state index in [0.717, 1.165) is 18.3 Å². The van der Waals surface area contributed by atoms with Crippen molar-refractivity contribution in [2.45, 2.75) is 88.8 Å². The molecule has 0 N–H and O–H groups in total. The molecule has 0 radical (unpaired) electrons. The highest BCUT2D eigenvalue weighted by molar-refractivity contribution is 7.12. The lowest BCUT2D eigenvalue weighted by Gasteiger charge is -2.26. The Hall–Kier alpha value is -0.0100. The summed E-state index contributed by atoms with van der Waals surface area (Å²) in [6.45, 7) is 2.30. The quantitative estimate of drug-likeness (QED) is 0.513. The summed E-state index contributed by atoms with van der Waals surface area (Å²) in [7, 11) is 0. The highest BCUT2D eigenvalue weighted by atomic mass is 35.5. The van der Waals surface area contributed by atoms with Crippen LogP contribution in [0.4, 0.5) is 0 Å². The second-order valence-corrected chi connectivity index (χ2v) is 8.65. The van der Waals surface area contributed by atoms with Crippen LogP contribution in [0.1, 0.15) is 97.7 Å². The number of alkyl halides is 1. The maximum absolute atomic E-state index is 6.93. The number of rotatable bonds is 4. The Morgan fingerprint density at radius 1 is 1.05 bits per heavy atom. The molecule has 0 aromatic carbocycles. The van der Waals surface area contributed by atoms with E-state index >= 15 is 0 Å². The summed E-state index contributed by atoms with van der Waals surface area (Å²) in [5.74, 6) is 1.55. The van der Waals surface area contributed by atoms with Crippen molar-refractivity contribution in [2.24, 2.45) is 5.92 Å². The summed E-state index contributed by atoms with van der Waals surface area (Å²) in [5, 5.41) is 0.272. The summed E-state index contributed by atoms with van der Waals surface area (Å²) in [5.41, 5.74) is 1.50. The Kier molecular flexibility index (Phi) is 5.67. The van der Waals surface area contributed by atoms with Crippen LogP contribution >= 0.6 is 22.9 Å². The van der Waals surface area contributed by atoms with Gasteiger partial charge in [0.25, 0.3) is 0 Å². The minimum atomic E-state index is 0.272. The van der Waals surface area contributed by atoms with Crippen molar-refractivity contribution < 1.29 is 0 Å². The number of halogens is 1. The van der Waals surface area contributed by atoms with Gasteiger partial charge in [0, 0.05) is 9.75 Å². The van der Waals surface area contributed by atoms with Gasteiger partial charge in [-0.3, -0.25) is 0 Å². The van der Waals surface area contributed by atoms with Gasteiger partial charge < -0.3 is 0 Å². The van der Waals surface area contributed by atoms with E-state index < -0.39 is 0 Å². The van der Waals surface area contributed by atoms with Crippen LogP contribution in [0, 0.1) is 5.92 Å². The van der Waals surface area contributed by atoms with Gasteiger partial charge in [-0.2, -0.15) is 0 Å². The second-order valence-electron chi connectivity index (χ2n) is 7.02. The average molecular weight is 325 g/mol. The largest absolute Gasteiger partial charge is 0.145 e. The number of hydrogen-bond donors (Lipinski definition) is 0. The Morgan fingerprint density at radius 3 is 2.29 bits per heavy atom. The molecular weight excluding hydrogens is 296 g/mol. The maximum Gasteiger partial charge on any atom is 0.0624 e.